The van der Waals surface area contributed by atoms with Gasteiger partial charge in [0, 0.05) is 17.8 Å². The van der Waals surface area contributed by atoms with E-state index in [2.05, 4.69) is 4.98 Å². The van der Waals surface area contributed by atoms with Crippen LogP contribution in [0.25, 0.3) is 5.65 Å². The van der Waals surface area contributed by atoms with E-state index in [4.69, 9.17) is 18.5 Å². The average molecular weight is 370 g/mol. The van der Waals surface area contributed by atoms with Gasteiger partial charge in [0.05, 0.1) is 39.3 Å². The molecule has 0 amide bonds. The number of ether oxygens (including phenoxy) is 2. The van der Waals surface area contributed by atoms with Gasteiger partial charge in [-0.1, -0.05) is 0 Å². The van der Waals surface area contributed by atoms with Crippen molar-refractivity contribution < 1.29 is 27.9 Å². The van der Waals surface area contributed by atoms with Gasteiger partial charge in [-0.3, -0.25) is 8.97 Å². The quantitative estimate of drug-likeness (QED) is 0.494. The number of carbonyl (C=O) groups excluding carboxylic acids is 1. The highest BCUT2D eigenvalue weighted by atomic mass is 31.2. The molecule has 8 nitrogen and oxygen atoms in total. The molecule has 0 N–H and O–H groups in total. The molecule has 25 heavy (non-hydrogen) atoms. The number of hydrogen-bond acceptors (Lipinski definition) is 7. The third kappa shape index (κ3) is 4.39. The van der Waals surface area contributed by atoms with Gasteiger partial charge < -0.3 is 18.5 Å². The smallest absolute Gasteiger partial charge is 0.356 e. The molecule has 0 aliphatic carbocycles. The highest BCUT2D eigenvalue weighted by Crippen LogP contribution is 2.51. The number of carbonyl (C=O) groups is 1. The molecule has 2 aromatic rings. The minimum Gasteiger partial charge on any atom is -0.497 e. The zero-order valence-corrected chi connectivity index (χ0v) is 15.7. The molecule has 2 aromatic heterocycles. The van der Waals surface area contributed by atoms with Crippen molar-refractivity contribution in [3.8, 4) is 5.75 Å². The first-order valence-electron chi connectivity index (χ1n) is 8.07. The van der Waals surface area contributed by atoms with Gasteiger partial charge in [0.1, 0.15) is 11.4 Å². The first-order chi connectivity index (χ1) is 12.0. The molecule has 2 rings (SSSR count). The normalized spacial score (nSPS) is 11.7. The summed E-state index contributed by atoms with van der Waals surface area (Å²) in [5.74, 6) is 0.0205. The Balaban J connectivity index is 2.57. The van der Waals surface area contributed by atoms with Crippen molar-refractivity contribution >= 4 is 19.2 Å². The Bertz CT molecular complexity index is 778. The van der Waals surface area contributed by atoms with Gasteiger partial charge in [-0.25, -0.2) is 9.78 Å². The van der Waals surface area contributed by atoms with Crippen LogP contribution in [0, 0.1) is 0 Å². The second-order valence-electron chi connectivity index (χ2n) is 5.05. The van der Waals surface area contributed by atoms with Crippen LogP contribution in [0.4, 0.5) is 0 Å². The van der Waals surface area contributed by atoms with Crippen LogP contribution in [0.5, 0.6) is 5.75 Å². The fourth-order valence-corrected chi connectivity index (χ4v) is 4.14. The van der Waals surface area contributed by atoms with E-state index in [-0.39, 0.29) is 31.7 Å². The molecule has 0 aromatic carbocycles. The maximum absolute atomic E-state index is 12.9. The van der Waals surface area contributed by atoms with Gasteiger partial charge in [-0.2, -0.15) is 0 Å². The molecule has 0 saturated carbocycles. The van der Waals surface area contributed by atoms with Crippen LogP contribution in [0.15, 0.2) is 18.3 Å². The first-order valence-corrected chi connectivity index (χ1v) is 9.80. The highest BCUT2D eigenvalue weighted by Gasteiger charge is 2.27. The van der Waals surface area contributed by atoms with E-state index in [1.165, 1.54) is 13.3 Å². The van der Waals surface area contributed by atoms with Gasteiger partial charge >= 0.3 is 13.6 Å². The summed E-state index contributed by atoms with van der Waals surface area (Å²) >= 11 is 0. The Kier molecular flexibility index (Phi) is 6.58. The molecule has 0 fully saturated rings. The second kappa shape index (κ2) is 8.47. The molecule has 0 radical (unpaired) electrons. The average Bonchev–Trinajstić information content (AvgIpc) is 2.99. The first kappa shape index (κ1) is 19.4. The van der Waals surface area contributed by atoms with Gasteiger partial charge in [0.15, 0.2) is 5.69 Å². The van der Waals surface area contributed by atoms with Crippen molar-refractivity contribution in [1.29, 1.82) is 0 Å². The maximum atomic E-state index is 12.9. The fourth-order valence-electron chi connectivity index (χ4n) is 2.47. The number of nitrogens with zero attached hydrogens (tertiary/aromatic N) is 2. The largest absolute Gasteiger partial charge is 0.497 e. The van der Waals surface area contributed by atoms with Crippen LogP contribution in [-0.2, 0) is 24.5 Å². The lowest BCUT2D eigenvalue weighted by molar-refractivity contribution is 0.0517. The number of hydrogen-bond donors (Lipinski definition) is 0. The summed E-state index contributed by atoms with van der Waals surface area (Å²) in [6.07, 6.45) is 1.40. The molecule has 0 aliphatic rings. The zero-order chi connectivity index (χ0) is 18.4. The van der Waals surface area contributed by atoms with Crippen molar-refractivity contribution in [3.05, 3.63) is 29.7 Å². The van der Waals surface area contributed by atoms with E-state index < -0.39 is 13.6 Å². The summed E-state index contributed by atoms with van der Waals surface area (Å²) < 4.78 is 35.6. The molecule has 2 heterocycles. The minimum absolute atomic E-state index is 0.0227. The Morgan fingerprint density at radius 3 is 2.40 bits per heavy atom. The molecule has 9 heteroatoms. The fraction of sp³-hybridized carbons (Fsp3) is 0.500. The van der Waals surface area contributed by atoms with Crippen molar-refractivity contribution in [2.75, 3.05) is 26.9 Å². The van der Waals surface area contributed by atoms with Crippen LogP contribution in [0.3, 0.4) is 0 Å². The zero-order valence-electron chi connectivity index (χ0n) is 14.9. The molecule has 0 spiro atoms. The van der Waals surface area contributed by atoms with Crippen LogP contribution in [0.1, 0.15) is 37.0 Å². The van der Waals surface area contributed by atoms with Crippen molar-refractivity contribution in [3.63, 3.8) is 0 Å². The van der Waals surface area contributed by atoms with E-state index in [1.54, 1.807) is 37.3 Å². The number of imidazole rings is 1. The number of aromatic nitrogens is 2. The Labute approximate surface area is 146 Å². The lowest BCUT2D eigenvalue weighted by Gasteiger charge is -2.18. The predicted molar refractivity (Wildman–Crippen MR) is 92.3 cm³/mol. The van der Waals surface area contributed by atoms with E-state index in [0.717, 1.165) is 0 Å². The van der Waals surface area contributed by atoms with E-state index >= 15 is 0 Å². The third-order valence-corrected chi connectivity index (χ3v) is 5.40. The van der Waals surface area contributed by atoms with Crippen molar-refractivity contribution in [1.82, 2.24) is 9.38 Å². The molecular weight excluding hydrogens is 347 g/mol. The predicted octanol–water partition coefficient (Wildman–Crippen LogP) is 3.29. The molecule has 0 atom stereocenters. The van der Waals surface area contributed by atoms with Crippen LogP contribution < -0.4 is 4.74 Å². The number of rotatable bonds is 9. The third-order valence-electron chi connectivity index (χ3n) is 3.38. The molecule has 0 bridgehead atoms. The van der Waals surface area contributed by atoms with Crippen LogP contribution in [0.2, 0.25) is 0 Å². The monoisotopic (exact) mass is 370 g/mol. The molecule has 138 valence electrons. The number of fused-ring (bicyclic) bond motifs is 1. The highest BCUT2D eigenvalue weighted by molar-refractivity contribution is 7.53. The second-order valence-corrected chi connectivity index (χ2v) is 7.10. The van der Waals surface area contributed by atoms with Crippen molar-refractivity contribution in [2.24, 2.45) is 0 Å². The number of methoxy groups -OCH3 is 1. The van der Waals surface area contributed by atoms with E-state index in [1.807, 2.05) is 0 Å². The minimum atomic E-state index is -3.37. The topological polar surface area (TPSA) is 88.4 Å². The molecule has 0 saturated heterocycles. The van der Waals surface area contributed by atoms with E-state index in [9.17, 15) is 9.36 Å². The summed E-state index contributed by atoms with van der Waals surface area (Å²) in [6.45, 7) is 5.96. The van der Waals surface area contributed by atoms with Gasteiger partial charge in [-0.05, 0) is 20.8 Å². The summed E-state index contributed by atoms with van der Waals surface area (Å²) in [5.41, 5.74) is 1.26. The lowest BCUT2D eigenvalue weighted by Crippen LogP contribution is -2.11. The van der Waals surface area contributed by atoms with E-state index in [0.29, 0.717) is 17.1 Å². The Morgan fingerprint density at radius 2 is 1.84 bits per heavy atom. The number of pyridine rings is 1. The Morgan fingerprint density at radius 1 is 1.16 bits per heavy atom. The summed E-state index contributed by atoms with van der Waals surface area (Å²) in [5, 5.41) is 0. The maximum Gasteiger partial charge on any atom is 0.356 e. The van der Waals surface area contributed by atoms with Crippen LogP contribution in [-0.4, -0.2) is 42.3 Å². The number of esters is 1. The van der Waals surface area contributed by atoms with Gasteiger partial charge in [0.25, 0.3) is 0 Å². The Hall–Kier alpha value is -1.89. The van der Waals surface area contributed by atoms with Crippen LogP contribution >= 0.6 is 7.60 Å². The lowest BCUT2D eigenvalue weighted by atomic mass is 10.3. The molecular formula is C16H23N2O6P. The van der Waals surface area contributed by atoms with Crippen molar-refractivity contribution in [2.45, 2.75) is 26.9 Å². The SMILES string of the molecule is CCOC(=O)c1cnc2cc(OC)cc(CP(=O)(OCC)OCC)n12. The van der Waals surface area contributed by atoms with Gasteiger partial charge in [-0.15, -0.1) is 0 Å². The summed E-state index contributed by atoms with van der Waals surface area (Å²) in [6, 6.07) is 3.36. The van der Waals surface area contributed by atoms with Gasteiger partial charge in [0.2, 0.25) is 0 Å². The summed E-state index contributed by atoms with van der Waals surface area (Å²) in [7, 11) is -1.85. The standard InChI is InChI=1S/C16H23N2O6P/c1-5-22-16(19)14-10-17-15-9-13(21-4)8-12(18(14)15)11-25(20,23-6-2)24-7-3/h8-10H,5-7,11H2,1-4H3. The molecule has 0 unspecified atom stereocenters. The summed E-state index contributed by atoms with van der Waals surface area (Å²) in [4.78, 5) is 16.4. The molecule has 0 aliphatic heterocycles.